The highest BCUT2D eigenvalue weighted by Gasteiger charge is 2.16. The van der Waals surface area contributed by atoms with Crippen molar-refractivity contribution in [1.29, 1.82) is 0 Å². The molecule has 0 aromatic heterocycles. The lowest BCUT2D eigenvalue weighted by molar-refractivity contribution is 0.588. The zero-order valence-corrected chi connectivity index (χ0v) is 12.5. The molecule has 1 aromatic carbocycles. The molecule has 0 spiro atoms. The molecule has 0 fully saturated rings. The summed E-state index contributed by atoms with van der Waals surface area (Å²) in [4.78, 5) is 1.46. The van der Waals surface area contributed by atoms with Crippen molar-refractivity contribution < 1.29 is 0 Å². The summed E-state index contributed by atoms with van der Waals surface area (Å²) >= 11 is 1.97. The predicted molar refractivity (Wildman–Crippen MR) is 75.6 cm³/mol. The van der Waals surface area contributed by atoms with Crippen molar-refractivity contribution in [3.05, 3.63) is 28.8 Å². The Labute approximate surface area is 105 Å². The van der Waals surface area contributed by atoms with Crippen molar-refractivity contribution in [2.24, 2.45) is 0 Å². The summed E-state index contributed by atoms with van der Waals surface area (Å²) in [7, 11) is 0. The van der Waals surface area contributed by atoms with Crippen LogP contribution in [0.3, 0.4) is 0 Å². The van der Waals surface area contributed by atoms with Gasteiger partial charge in [-0.2, -0.15) is 0 Å². The lowest BCUT2D eigenvalue weighted by Crippen LogP contribution is -2.12. The minimum absolute atomic E-state index is 0.247. The van der Waals surface area contributed by atoms with E-state index in [2.05, 4.69) is 60.6 Å². The van der Waals surface area contributed by atoms with Gasteiger partial charge in [0.25, 0.3) is 0 Å². The molecule has 0 saturated carbocycles. The van der Waals surface area contributed by atoms with Crippen LogP contribution in [-0.2, 0) is 5.41 Å². The maximum atomic E-state index is 2.34. The summed E-state index contributed by atoms with van der Waals surface area (Å²) in [6, 6.07) is 4.69. The maximum absolute atomic E-state index is 2.34. The van der Waals surface area contributed by atoms with Crippen molar-refractivity contribution in [1.82, 2.24) is 0 Å². The highest BCUT2D eigenvalue weighted by molar-refractivity contribution is 8.00. The van der Waals surface area contributed by atoms with Gasteiger partial charge in [-0.05, 0) is 36.0 Å². The summed E-state index contributed by atoms with van der Waals surface area (Å²) in [5, 5.41) is 0.651. The van der Waals surface area contributed by atoms with Gasteiger partial charge >= 0.3 is 0 Å². The first kappa shape index (κ1) is 13.6. The maximum Gasteiger partial charge on any atom is 0.0133 e. The largest absolute Gasteiger partial charge is 0.123 e. The number of hydrogen-bond donors (Lipinski definition) is 0. The van der Waals surface area contributed by atoms with E-state index in [4.69, 9.17) is 0 Å². The van der Waals surface area contributed by atoms with E-state index >= 15 is 0 Å². The van der Waals surface area contributed by atoms with Crippen LogP contribution in [0.4, 0.5) is 0 Å². The number of rotatable bonds is 2. The predicted octanol–water partition coefficient (Wildman–Crippen LogP) is 5.10. The normalized spacial score (nSPS) is 12.2. The Morgan fingerprint density at radius 3 is 1.75 bits per heavy atom. The fourth-order valence-electron chi connectivity index (χ4n) is 1.80. The quantitative estimate of drug-likeness (QED) is 0.644. The van der Waals surface area contributed by atoms with Crippen LogP contribution < -0.4 is 0 Å². The van der Waals surface area contributed by atoms with Crippen molar-refractivity contribution >= 4 is 11.8 Å². The van der Waals surface area contributed by atoms with Crippen LogP contribution in [0.15, 0.2) is 17.0 Å². The zero-order valence-electron chi connectivity index (χ0n) is 11.6. The van der Waals surface area contributed by atoms with E-state index in [0.29, 0.717) is 5.25 Å². The molecule has 0 amide bonds. The van der Waals surface area contributed by atoms with Gasteiger partial charge in [0.05, 0.1) is 0 Å². The molecule has 1 rings (SSSR count). The van der Waals surface area contributed by atoms with Crippen molar-refractivity contribution in [2.75, 3.05) is 0 Å². The Morgan fingerprint density at radius 2 is 1.44 bits per heavy atom. The molecule has 0 aliphatic rings. The number of thioether (sulfide) groups is 1. The third-order valence-electron chi connectivity index (χ3n) is 2.68. The molecule has 0 saturated heterocycles. The van der Waals surface area contributed by atoms with Crippen LogP contribution in [0.1, 0.15) is 51.3 Å². The van der Waals surface area contributed by atoms with E-state index in [1.165, 1.54) is 21.6 Å². The molecule has 16 heavy (non-hydrogen) atoms. The van der Waals surface area contributed by atoms with Gasteiger partial charge in [0, 0.05) is 10.1 Å². The molecule has 1 aromatic rings. The molecule has 0 nitrogen and oxygen atoms in total. The Bertz CT molecular complexity index is 347. The summed E-state index contributed by atoms with van der Waals surface area (Å²) in [5.41, 5.74) is 4.53. The van der Waals surface area contributed by atoms with Gasteiger partial charge < -0.3 is 0 Å². The first-order valence-electron chi connectivity index (χ1n) is 6.00. The molecule has 0 atom stereocenters. The van der Waals surface area contributed by atoms with E-state index in [-0.39, 0.29) is 5.41 Å². The van der Waals surface area contributed by atoms with Gasteiger partial charge in [-0.1, -0.05) is 46.8 Å². The molecule has 0 aliphatic carbocycles. The minimum atomic E-state index is 0.247. The molecular formula is C15H24S. The van der Waals surface area contributed by atoms with E-state index in [1.54, 1.807) is 0 Å². The number of hydrogen-bond acceptors (Lipinski definition) is 1. The molecule has 0 unspecified atom stereocenters. The van der Waals surface area contributed by atoms with E-state index < -0.39 is 0 Å². The molecule has 0 aliphatic heterocycles. The summed E-state index contributed by atoms with van der Waals surface area (Å²) < 4.78 is 0. The first-order chi connectivity index (χ1) is 7.21. The second-order valence-corrected chi connectivity index (χ2v) is 7.44. The van der Waals surface area contributed by atoms with Crippen LogP contribution in [0, 0.1) is 13.8 Å². The van der Waals surface area contributed by atoms with Crippen LogP contribution in [0.25, 0.3) is 0 Å². The standard InChI is InChI=1S/C15H24S/c1-10(2)16-14-11(3)8-13(9-12(14)4)15(5,6)7/h8-10H,1-7H3. The highest BCUT2D eigenvalue weighted by Crippen LogP contribution is 2.33. The lowest BCUT2D eigenvalue weighted by Gasteiger charge is -2.22. The van der Waals surface area contributed by atoms with Gasteiger partial charge in [-0.15, -0.1) is 11.8 Å². The van der Waals surface area contributed by atoms with Gasteiger partial charge in [-0.3, -0.25) is 0 Å². The topological polar surface area (TPSA) is 0 Å². The van der Waals surface area contributed by atoms with Gasteiger partial charge in [-0.25, -0.2) is 0 Å². The van der Waals surface area contributed by atoms with E-state index in [9.17, 15) is 0 Å². The van der Waals surface area contributed by atoms with E-state index in [0.717, 1.165) is 0 Å². The van der Waals surface area contributed by atoms with Gasteiger partial charge in [0.1, 0.15) is 0 Å². The third kappa shape index (κ3) is 3.28. The highest BCUT2D eigenvalue weighted by atomic mass is 32.2. The summed E-state index contributed by atoms with van der Waals surface area (Å²) in [6.07, 6.45) is 0. The summed E-state index contributed by atoms with van der Waals surface area (Å²) in [6.45, 7) is 15.8. The van der Waals surface area contributed by atoms with Gasteiger partial charge in [0.15, 0.2) is 0 Å². The van der Waals surface area contributed by atoms with Crippen molar-refractivity contribution in [3.8, 4) is 0 Å². The monoisotopic (exact) mass is 236 g/mol. The van der Waals surface area contributed by atoms with E-state index in [1.807, 2.05) is 11.8 Å². The molecule has 0 bridgehead atoms. The average Bonchev–Trinajstić information content (AvgIpc) is 2.09. The van der Waals surface area contributed by atoms with Gasteiger partial charge in [0.2, 0.25) is 0 Å². The lowest BCUT2D eigenvalue weighted by atomic mass is 9.85. The van der Waals surface area contributed by atoms with Crippen molar-refractivity contribution in [3.63, 3.8) is 0 Å². The summed E-state index contributed by atoms with van der Waals surface area (Å²) in [5.74, 6) is 0. The Morgan fingerprint density at radius 1 is 1.00 bits per heavy atom. The molecular weight excluding hydrogens is 212 g/mol. The smallest absolute Gasteiger partial charge is 0.0133 e. The minimum Gasteiger partial charge on any atom is -0.123 e. The van der Waals surface area contributed by atoms with Crippen LogP contribution in [-0.4, -0.2) is 5.25 Å². The molecule has 0 N–H and O–H groups in total. The zero-order chi connectivity index (χ0) is 12.5. The second-order valence-electron chi connectivity index (χ2n) is 5.86. The Hall–Kier alpha value is -0.430. The molecule has 90 valence electrons. The molecule has 1 heteroatoms. The SMILES string of the molecule is Cc1cc(C(C)(C)C)cc(C)c1SC(C)C. The number of benzene rings is 1. The second kappa shape index (κ2) is 4.83. The molecule has 0 heterocycles. The Kier molecular flexibility index (Phi) is 4.12. The van der Waals surface area contributed by atoms with Crippen LogP contribution in [0.2, 0.25) is 0 Å². The molecule has 0 radical (unpaired) electrons. The van der Waals surface area contributed by atoms with Crippen molar-refractivity contribution in [2.45, 2.75) is 64.0 Å². The number of aryl methyl sites for hydroxylation is 2. The first-order valence-corrected chi connectivity index (χ1v) is 6.88. The average molecular weight is 236 g/mol. The third-order valence-corrected chi connectivity index (χ3v) is 4.03. The Balaban J connectivity index is 3.18. The van der Waals surface area contributed by atoms with Crippen LogP contribution in [0.5, 0.6) is 0 Å². The van der Waals surface area contributed by atoms with Crippen LogP contribution >= 0.6 is 11.8 Å². The fraction of sp³-hybridized carbons (Fsp3) is 0.600. The fourth-order valence-corrected chi connectivity index (χ4v) is 2.77.